The Labute approximate surface area is 80.7 Å². The van der Waals surface area contributed by atoms with Gasteiger partial charge in [-0.2, -0.15) is 13.2 Å². The van der Waals surface area contributed by atoms with Gasteiger partial charge in [0.2, 0.25) is 0 Å². The molecule has 0 fully saturated rings. The van der Waals surface area contributed by atoms with Gasteiger partial charge in [0.25, 0.3) is 0 Å². The van der Waals surface area contributed by atoms with Gasteiger partial charge in [-0.05, 0) is 24.6 Å². The molecular formula is C8H5BrF4. The van der Waals surface area contributed by atoms with Crippen LogP contribution >= 0.6 is 15.9 Å². The Kier molecular flexibility index (Phi) is 2.66. The fourth-order valence-corrected chi connectivity index (χ4v) is 1.19. The van der Waals surface area contributed by atoms with Crippen LogP contribution in [-0.4, -0.2) is 0 Å². The van der Waals surface area contributed by atoms with Gasteiger partial charge in [0.1, 0.15) is 5.82 Å². The maximum Gasteiger partial charge on any atom is 0.419 e. The van der Waals surface area contributed by atoms with Crippen LogP contribution in [0.15, 0.2) is 16.6 Å². The van der Waals surface area contributed by atoms with Crippen molar-refractivity contribution in [3.8, 4) is 0 Å². The molecule has 0 radical (unpaired) electrons. The normalized spacial score (nSPS) is 11.8. The van der Waals surface area contributed by atoms with E-state index >= 15 is 0 Å². The first-order valence-corrected chi connectivity index (χ1v) is 4.14. The van der Waals surface area contributed by atoms with Crippen molar-refractivity contribution in [2.24, 2.45) is 0 Å². The Morgan fingerprint density at radius 2 is 1.77 bits per heavy atom. The second kappa shape index (κ2) is 3.29. The second-order valence-electron chi connectivity index (χ2n) is 2.58. The molecule has 0 saturated heterocycles. The van der Waals surface area contributed by atoms with Crippen molar-refractivity contribution in [3.05, 3.63) is 33.5 Å². The minimum Gasteiger partial charge on any atom is -0.206 e. The fourth-order valence-electron chi connectivity index (χ4n) is 0.874. The van der Waals surface area contributed by atoms with Crippen LogP contribution in [0.5, 0.6) is 0 Å². The highest BCUT2D eigenvalue weighted by molar-refractivity contribution is 9.10. The van der Waals surface area contributed by atoms with Crippen LogP contribution < -0.4 is 0 Å². The first-order chi connectivity index (χ1) is 5.82. The van der Waals surface area contributed by atoms with Crippen molar-refractivity contribution in [2.45, 2.75) is 13.1 Å². The Hall–Kier alpha value is -0.580. The molecule has 0 amide bonds. The summed E-state index contributed by atoms with van der Waals surface area (Å²) in [5.74, 6) is -1.26. The van der Waals surface area contributed by atoms with Crippen LogP contribution in [0.4, 0.5) is 17.6 Å². The van der Waals surface area contributed by atoms with E-state index in [2.05, 4.69) is 15.9 Å². The van der Waals surface area contributed by atoms with Gasteiger partial charge in [0.15, 0.2) is 0 Å². The van der Waals surface area contributed by atoms with Crippen molar-refractivity contribution in [1.29, 1.82) is 0 Å². The van der Waals surface area contributed by atoms with E-state index in [0.29, 0.717) is 10.0 Å². The molecule has 0 N–H and O–H groups in total. The summed E-state index contributed by atoms with van der Waals surface area (Å²) in [5, 5.41) is 0. The van der Waals surface area contributed by atoms with E-state index < -0.39 is 17.6 Å². The maximum absolute atomic E-state index is 12.8. The summed E-state index contributed by atoms with van der Waals surface area (Å²) >= 11 is 2.94. The number of rotatable bonds is 0. The van der Waals surface area contributed by atoms with E-state index in [1.807, 2.05) is 0 Å². The third-order valence-corrected chi connectivity index (χ3v) is 2.41. The molecule has 0 aliphatic carbocycles. The molecule has 1 aromatic carbocycles. The quantitative estimate of drug-likeness (QED) is 0.618. The van der Waals surface area contributed by atoms with Gasteiger partial charge < -0.3 is 0 Å². The van der Waals surface area contributed by atoms with Crippen molar-refractivity contribution in [2.75, 3.05) is 0 Å². The van der Waals surface area contributed by atoms with E-state index in [0.717, 1.165) is 12.1 Å². The predicted octanol–water partition coefficient (Wildman–Crippen LogP) is 3.92. The lowest BCUT2D eigenvalue weighted by Gasteiger charge is -2.09. The lowest BCUT2D eigenvalue weighted by molar-refractivity contribution is -0.140. The first-order valence-electron chi connectivity index (χ1n) is 3.35. The molecule has 1 aromatic rings. The molecular weight excluding hydrogens is 252 g/mol. The van der Waals surface area contributed by atoms with Crippen molar-refractivity contribution < 1.29 is 17.6 Å². The zero-order valence-corrected chi connectivity index (χ0v) is 8.13. The van der Waals surface area contributed by atoms with Crippen molar-refractivity contribution >= 4 is 15.9 Å². The average molecular weight is 257 g/mol. The molecule has 0 unspecified atom stereocenters. The molecule has 1 rings (SSSR count). The summed E-state index contributed by atoms with van der Waals surface area (Å²) in [7, 11) is 0. The van der Waals surface area contributed by atoms with Gasteiger partial charge in [-0.1, -0.05) is 15.9 Å². The largest absolute Gasteiger partial charge is 0.419 e. The predicted molar refractivity (Wildman–Crippen MR) is 43.8 cm³/mol. The third-order valence-electron chi connectivity index (χ3n) is 1.55. The van der Waals surface area contributed by atoms with Crippen LogP contribution in [0.2, 0.25) is 0 Å². The summed E-state index contributed by atoms with van der Waals surface area (Å²) in [5.41, 5.74) is -0.873. The number of halogens is 5. The van der Waals surface area contributed by atoms with Crippen LogP contribution in [0, 0.1) is 12.7 Å². The molecule has 13 heavy (non-hydrogen) atoms. The monoisotopic (exact) mass is 256 g/mol. The molecule has 0 spiro atoms. The standard InChI is InChI=1S/C8H5BrF4/c1-4-2-5(8(11,12)13)7(10)3-6(4)9/h2-3H,1H3. The lowest BCUT2D eigenvalue weighted by Crippen LogP contribution is -2.08. The van der Waals surface area contributed by atoms with Gasteiger partial charge in [-0.3, -0.25) is 0 Å². The topological polar surface area (TPSA) is 0 Å². The smallest absolute Gasteiger partial charge is 0.206 e. The molecule has 0 atom stereocenters. The molecule has 0 nitrogen and oxygen atoms in total. The zero-order chi connectivity index (χ0) is 10.2. The number of hydrogen-bond donors (Lipinski definition) is 0. The summed E-state index contributed by atoms with van der Waals surface area (Å²) in [6, 6.07) is 1.59. The summed E-state index contributed by atoms with van der Waals surface area (Å²) in [4.78, 5) is 0. The van der Waals surface area contributed by atoms with Crippen LogP contribution in [-0.2, 0) is 6.18 Å². The van der Waals surface area contributed by atoms with E-state index in [1.54, 1.807) is 0 Å². The van der Waals surface area contributed by atoms with Crippen LogP contribution in [0.3, 0.4) is 0 Å². The Bertz CT molecular complexity index is 330. The molecule has 0 aromatic heterocycles. The molecule has 0 bridgehead atoms. The minimum absolute atomic E-state index is 0.331. The molecule has 0 aliphatic rings. The lowest BCUT2D eigenvalue weighted by atomic mass is 10.1. The highest BCUT2D eigenvalue weighted by Crippen LogP contribution is 2.33. The van der Waals surface area contributed by atoms with Gasteiger partial charge in [0.05, 0.1) is 5.56 Å². The minimum atomic E-state index is -4.63. The molecule has 72 valence electrons. The third kappa shape index (κ3) is 2.21. The highest BCUT2D eigenvalue weighted by atomic mass is 79.9. The molecule has 0 aliphatic heterocycles. The Balaban J connectivity index is 3.32. The Morgan fingerprint density at radius 3 is 2.23 bits per heavy atom. The van der Waals surface area contributed by atoms with Gasteiger partial charge in [-0.15, -0.1) is 0 Å². The van der Waals surface area contributed by atoms with E-state index in [9.17, 15) is 17.6 Å². The zero-order valence-electron chi connectivity index (χ0n) is 6.54. The van der Waals surface area contributed by atoms with Crippen LogP contribution in [0.1, 0.15) is 11.1 Å². The Morgan fingerprint density at radius 1 is 1.23 bits per heavy atom. The van der Waals surface area contributed by atoms with Gasteiger partial charge in [-0.25, -0.2) is 4.39 Å². The molecule has 5 heteroatoms. The number of hydrogen-bond acceptors (Lipinski definition) is 0. The van der Waals surface area contributed by atoms with E-state index in [4.69, 9.17) is 0 Å². The van der Waals surface area contributed by atoms with Gasteiger partial charge >= 0.3 is 6.18 Å². The summed E-state index contributed by atoms with van der Waals surface area (Å²) in [6.45, 7) is 1.47. The number of alkyl halides is 3. The fraction of sp³-hybridized carbons (Fsp3) is 0.250. The molecule has 0 heterocycles. The SMILES string of the molecule is Cc1cc(C(F)(F)F)c(F)cc1Br. The second-order valence-corrected chi connectivity index (χ2v) is 3.43. The van der Waals surface area contributed by atoms with E-state index in [-0.39, 0.29) is 0 Å². The van der Waals surface area contributed by atoms with Gasteiger partial charge in [0, 0.05) is 4.47 Å². The summed E-state index contributed by atoms with van der Waals surface area (Å²) < 4.78 is 49.4. The van der Waals surface area contributed by atoms with E-state index in [1.165, 1.54) is 6.92 Å². The maximum atomic E-state index is 12.8. The number of benzene rings is 1. The van der Waals surface area contributed by atoms with Crippen molar-refractivity contribution in [1.82, 2.24) is 0 Å². The highest BCUT2D eigenvalue weighted by Gasteiger charge is 2.34. The average Bonchev–Trinajstić information content (AvgIpc) is 1.94. The molecule has 0 saturated carbocycles. The van der Waals surface area contributed by atoms with Crippen molar-refractivity contribution in [3.63, 3.8) is 0 Å². The first kappa shape index (κ1) is 10.5. The number of aryl methyl sites for hydroxylation is 1. The summed E-state index contributed by atoms with van der Waals surface area (Å²) in [6.07, 6.45) is -4.63. The van der Waals surface area contributed by atoms with Crippen LogP contribution in [0.25, 0.3) is 0 Å².